The Morgan fingerprint density at radius 2 is 2.06 bits per heavy atom. The predicted molar refractivity (Wildman–Crippen MR) is 51.5 cm³/mol. The lowest BCUT2D eigenvalue weighted by molar-refractivity contribution is -0.186. The number of halogens is 3. The fraction of sp³-hybridized carbons (Fsp3) is 0.333. The zero-order valence-electron chi connectivity index (χ0n) is 8.34. The molecular weight excluding hydrogens is 221 g/mol. The molecule has 86 valence electrons. The van der Waals surface area contributed by atoms with Gasteiger partial charge >= 0.3 is 6.18 Å². The Labute approximate surface area is 88.7 Å². The van der Waals surface area contributed by atoms with Crippen LogP contribution in [-0.4, -0.2) is 21.1 Å². The maximum absolute atomic E-state index is 12.6. The van der Waals surface area contributed by atoms with Crippen molar-refractivity contribution in [2.24, 2.45) is 5.73 Å². The third kappa shape index (κ3) is 1.53. The lowest BCUT2D eigenvalue weighted by atomic mass is 10.0. The van der Waals surface area contributed by atoms with E-state index in [1.165, 1.54) is 18.5 Å². The number of alkyl halides is 3. The van der Waals surface area contributed by atoms with Gasteiger partial charge in [0.1, 0.15) is 5.82 Å². The van der Waals surface area contributed by atoms with E-state index >= 15 is 0 Å². The van der Waals surface area contributed by atoms with Crippen LogP contribution in [0, 0.1) is 0 Å². The van der Waals surface area contributed by atoms with Gasteiger partial charge in [0, 0.05) is 6.20 Å². The summed E-state index contributed by atoms with van der Waals surface area (Å²) in [6, 6.07) is 1.52. The highest BCUT2D eigenvalue weighted by atomic mass is 19.4. The van der Waals surface area contributed by atoms with Crippen LogP contribution in [0.15, 0.2) is 18.5 Å². The number of imidazole rings is 1. The molecule has 2 heterocycles. The molecule has 0 aliphatic rings. The number of nitrogens with one attached hydrogen (secondary N) is 1. The Bertz CT molecular complexity index is 482. The molecule has 0 fully saturated rings. The summed E-state index contributed by atoms with van der Waals surface area (Å²) in [6.07, 6.45) is -1.71. The first-order valence-electron chi connectivity index (χ1n) is 4.48. The molecule has 0 aromatic carbocycles. The second kappa shape index (κ2) is 3.18. The van der Waals surface area contributed by atoms with E-state index in [2.05, 4.69) is 15.0 Å². The van der Waals surface area contributed by atoms with E-state index in [-0.39, 0.29) is 5.82 Å². The number of hydrogen-bond donors (Lipinski definition) is 2. The molecule has 2 aromatic rings. The van der Waals surface area contributed by atoms with Crippen molar-refractivity contribution in [3.8, 4) is 0 Å². The maximum Gasteiger partial charge on any atom is 0.413 e. The van der Waals surface area contributed by atoms with Gasteiger partial charge in [-0.2, -0.15) is 13.2 Å². The zero-order chi connectivity index (χ0) is 12.0. The fourth-order valence-corrected chi connectivity index (χ4v) is 1.24. The van der Waals surface area contributed by atoms with E-state index in [0.717, 1.165) is 6.92 Å². The SMILES string of the molecule is CC(N)(c1nc2ccncc2[nH]1)C(F)(F)F. The minimum absolute atomic E-state index is 0.317. The number of nitrogens with two attached hydrogens (primary N) is 1. The average molecular weight is 230 g/mol. The summed E-state index contributed by atoms with van der Waals surface area (Å²) in [7, 11) is 0. The van der Waals surface area contributed by atoms with Crippen molar-refractivity contribution in [2.45, 2.75) is 18.6 Å². The van der Waals surface area contributed by atoms with Gasteiger partial charge in [-0.1, -0.05) is 0 Å². The normalized spacial score (nSPS) is 16.3. The molecule has 0 saturated carbocycles. The highest BCUT2D eigenvalue weighted by molar-refractivity contribution is 5.73. The summed E-state index contributed by atoms with van der Waals surface area (Å²) in [5.74, 6) is -0.317. The number of aromatic amines is 1. The monoisotopic (exact) mass is 230 g/mol. The number of rotatable bonds is 1. The Balaban J connectivity index is 2.56. The number of nitrogens with zero attached hydrogens (tertiary/aromatic N) is 2. The summed E-state index contributed by atoms with van der Waals surface area (Å²) >= 11 is 0. The van der Waals surface area contributed by atoms with Gasteiger partial charge in [0.15, 0.2) is 5.54 Å². The van der Waals surface area contributed by atoms with E-state index in [1.54, 1.807) is 0 Å². The molecule has 0 radical (unpaired) electrons. The second-order valence-corrected chi connectivity index (χ2v) is 3.68. The van der Waals surface area contributed by atoms with Crippen molar-refractivity contribution in [3.63, 3.8) is 0 Å². The molecule has 0 saturated heterocycles. The summed E-state index contributed by atoms with van der Waals surface area (Å²) in [5, 5.41) is 0. The van der Waals surface area contributed by atoms with Gasteiger partial charge in [-0.15, -0.1) is 0 Å². The summed E-state index contributed by atoms with van der Waals surface area (Å²) in [4.78, 5) is 10.1. The summed E-state index contributed by atoms with van der Waals surface area (Å²) in [5.41, 5.74) is 3.58. The Kier molecular flexibility index (Phi) is 2.16. The van der Waals surface area contributed by atoms with Crippen LogP contribution in [0.1, 0.15) is 12.7 Å². The Hall–Kier alpha value is -1.63. The molecule has 0 amide bonds. The number of pyridine rings is 1. The van der Waals surface area contributed by atoms with Crippen molar-refractivity contribution in [2.75, 3.05) is 0 Å². The van der Waals surface area contributed by atoms with Gasteiger partial charge in [0.05, 0.1) is 17.2 Å². The van der Waals surface area contributed by atoms with Crippen LogP contribution in [0.25, 0.3) is 11.0 Å². The van der Waals surface area contributed by atoms with Crippen LogP contribution < -0.4 is 5.73 Å². The van der Waals surface area contributed by atoms with Gasteiger partial charge in [-0.3, -0.25) is 4.98 Å². The van der Waals surface area contributed by atoms with Crippen molar-refractivity contribution in [3.05, 3.63) is 24.3 Å². The van der Waals surface area contributed by atoms with E-state index in [9.17, 15) is 13.2 Å². The van der Waals surface area contributed by atoms with Crippen LogP contribution >= 0.6 is 0 Å². The first-order chi connectivity index (χ1) is 7.32. The molecule has 3 N–H and O–H groups in total. The number of aromatic nitrogens is 3. The molecule has 2 rings (SSSR count). The predicted octanol–water partition coefficient (Wildman–Crippen LogP) is 1.69. The Morgan fingerprint density at radius 1 is 1.38 bits per heavy atom. The van der Waals surface area contributed by atoms with E-state index < -0.39 is 11.7 Å². The molecule has 0 spiro atoms. The molecule has 0 aliphatic heterocycles. The summed E-state index contributed by atoms with van der Waals surface area (Å²) in [6.45, 7) is 0.873. The molecule has 4 nitrogen and oxygen atoms in total. The lowest BCUT2D eigenvalue weighted by Gasteiger charge is -2.24. The molecule has 0 aliphatic carbocycles. The maximum atomic E-state index is 12.6. The third-order valence-corrected chi connectivity index (χ3v) is 2.36. The van der Waals surface area contributed by atoms with E-state index in [0.29, 0.717) is 11.0 Å². The molecule has 16 heavy (non-hydrogen) atoms. The van der Waals surface area contributed by atoms with Gasteiger partial charge in [-0.25, -0.2) is 4.98 Å². The van der Waals surface area contributed by atoms with Gasteiger partial charge in [0.25, 0.3) is 0 Å². The summed E-state index contributed by atoms with van der Waals surface area (Å²) < 4.78 is 37.9. The highest BCUT2D eigenvalue weighted by Gasteiger charge is 2.51. The minimum Gasteiger partial charge on any atom is -0.339 e. The lowest BCUT2D eigenvalue weighted by Crippen LogP contribution is -2.48. The topological polar surface area (TPSA) is 67.6 Å². The minimum atomic E-state index is -4.56. The second-order valence-electron chi connectivity index (χ2n) is 3.68. The standard InChI is InChI=1S/C9H9F3N4/c1-8(13,9(10,11)12)7-15-5-2-3-14-4-6(5)16-7/h2-4H,13H2,1H3,(H,15,16). The van der Waals surface area contributed by atoms with Crippen LogP contribution in [-0.2, 0) is 5.54 Å². The first kappa shape index (κ1) is 10.9. The van der Waals surface area contributed by atoms with E-state index in [4.69, 9.17) is 5.73 Å². The quantitative estimate of drug-likeness (QED) is 0.783. The van der Waals surface area contributed by atoms with Crippen LogP contribution in [0.4, 0.5) is 13.2 Å². The van der Waals surface area contributed by atoms with Crippen LogP contribution in [0.5, 0.6) is 0 Å². The Morgan fingerprint density at radius 3 is 2.62 bits per heavy atom. The van der Waals surface area contributed by atoms with E-state index in [1.807, 2.05) is 0 Å². The zero-order valence-corrected chi connectivity index (χ0v) is 8.34. The molecule has 1 unspecified atom stereocenters. The van der Waals surface area contributed by atoms with Gasteiger partial charge in [-0.05, 0) is 13.0 Å². The molecule has 1 atom stereocenters. The van der Waals surface area contributed by atoms with Crippen LogP contribution in [0.3, 0.4) is 0 Å². The molecule has 2 aromatic heterocycles. The molecular formula is C9H9F3N4. The molecule has 7 heteroatoms. The third-order valence-electron chi connectivity index (χ3n) is 2.36. The number of hydrogen-bond acceptors (Lipinski definition) is 3. The van der Waals surface area contributed by atoms with Crippen LogP contribution in [0.2, 0.25) is 0 Å². The smallest absolute Gasteiger partial charge is 0.339 e. The fourth-order valence-electron chi connectivity index (χ4n) is 1.24. The number of fused-ring (bicyclic) bond motifs is 1. The van der Waals surface area contributed by atoms with Crippen molar-refractivity contribution in [1.82, 2.24) is 15.0 Å². The first-order valence-corrected chi connectivity index (χ1v) is 4.48. The van der Waals surface area contributed by atoms with Crippen molar-refractivity contribution in [1.29, 1.82) is 0 Å². The van der Waals surface area contributed by atoms with Gasteiger partial charge < -0.3 is 10.7 Å². The largest absolute Gasteiger partial charge is 0.413 e. The number of H-pyrrole nitrogens is 1. The molecule has 0 bridgehead atoms. The van der Waals surface area contributed by atoms with Gasteiger partial charge in [0.2, 0.25) is 0 Å². The van der Waals surface area contributed by atoms with Crippen molar-refractivity contribution < 1.29 is 13.2 Å². The van der Waals surface area contributed by atoms with Crippen molar-refractivity contribution >= 4 is 11.0 Å². The average Bonchev–Trinajstić information content (AvgIpc) is 2.59. The highest BCUT2D eigenvalue weighted by Crippen LogP contribution is 2.35.